The molecule has 0 aliphatic carbocycles. The second-order valence-corrected chi connectivity index (χ2v) is 6.58. The van der Waals surface area contributed by atoms with Gasteiger partial charge in [0.2, 0.25) is 0 Å². The Morgan fingerprint density at radius 1 is 1.36 bits per heavy atom. The second-order valence-electron chi connectivity index (χ2n) is 6.17. The Morgan fingerprint density at radius 3 is 2.82 bits per heavy atom. The lowest BCUT2D eigenvalue weighted by Gasteiger charge is -2.21. The molecule has 0 bridgehead atoms. The summed E-state index contributed by atoms with van der Waals surface area (Å²) in [6, 6.07) is 3.74. The van der Waals surface area contributed by atoms with Crippen molar-refractivity contribution < 1.29 is 23.4 Å². The fourth-order valence-electron chi connectivity index (χ4n) is 2.73. The van der Waals surface area contributed by atoms with Gasteiger partial charge >= 0.3 is 0 Å². The maximum Gasteiger partial charge on any atom is 0.289 e. The van der Waals surface area contributed by atoms with Crippen LogP contribution in [-0.4, -0.2) is 40.9 Å². The summed E-state index contributed by atoms with van der Waals surface area (Å²) < 4.78 is 39.8. The molecule has 0 amide bonds. The molecule has 3 aromatic rings. The topological polar surface area (TPSA) is 91.8 Å². The quantitative estimate of drug-likeness (QED) is 0.612. The molecule has 146 valence electrons. The summed E-state index contributed by atoms with van der Waals surface area (Å²) in [6.07, 6.45) is 2.95. The number of nitrogens with zero attached hydrogens (tertiary/aromatic N) is 2. The summed E-state index contributed by atoms with van der Waals surface area (Å²) in [5.41, 5.74) is 0.554. The van der Waals surface area contributed by atoms with Crippen LogP contribution >= 0.6 is 11.6 Å². The molecular weight excluding hydrogens is 394 g/mol. The number of aliphatic imine (C=N–C) groups is 1. The highest BCUT2D eigenvalue weighted by Gasteiger charge is 2.20. The molecule has 28 heavy (non-hydrogen) atoms. The number of hydrogen-bond acceptors (Lipinski definition) is 6. The zero-order valence-electron chi connectivity index (χ0n) is 14.4. The molecular formula is C18H15ClF2N4O3. The average Bonchev–Trinajstić information content (AvgIpc) is 3.07. The molecule has 0 saturated carbocycles. The molecule has 1 unspecified atom stereocenters. The Morgan fingerprint density at radius 2 is 2.14 bits per heavy atom. The zero-order valence-corrected chi connectivity index (χ0v) is 15.1. The second kappa shape index (κ2) is 7.61. The Hall–Kier alpha value is -2.91. The normalized spacial score (nSPS) is 16.6. The monoisotopic (exact) mass is 408 g/mol. The largest absolute Gasteiger partial charge is 0.465 e. The summed E-state index contributed by atoms with van der Waals surface area (Å²) in [5.74, 6) is -2.31. The summed E-state index contributed by atoms with van der Waals surface area (Å²) in [4.78, 5) is 11.0. The number of benzene rings is 1. The Balaban J connectivity index is 1.58. The highest BCUT2D eigenvalue weighted by molar-refractivity contribution is 6.36. The van der Waals surface area contributed by atoms with E-state index in [0.29, 0.717) is 22.6 Å². The molecule has 0 radical (unpaired) electrons. The number of H-pyrrole nitrogens is 1. The van der Waals surface area contributed by atoms with Crippen LogP contribution in [0.2, 0.25) is 5.02 Å². The molecule has 0 spiro atoms. The molecule has 1 aromatic carbocycles. The van der Waals surface area contributed by atoms with Gasteiger partial charge in [-0.15, -0.1) is 0 Å². The minimum atomic E-state index is -0.913. The first-order valence-electron chi connectivity index (χ1n) is 8.38. The third-order valence-electron chi connectivity index (χ3n) is 4.16. The van der Waals surface area contributed by atoms with E-state index in [9.17, 15) is 8.78 Å². The number of ether oxygens (including phenoxy) is 2. The Bertz CT molecular complexity index is 1030. The Labute approximate surface area is 163 Å². The molecule has 3 N–H and O–H groups in total. The van der Waals surface area contributed by atoms with E-state index in [1.165, 1.54) is 18.5 Å². The van der Waals surface area contributed by atoms with Gasteiger partial charge in [-0.25, -0.2) is 18.8 Å². The molecule has 10 heteroatoms. The number of aliphatic hydroxyl groups is 1. The van der Waals surface area contributed by atoms with E-state index in [4.69, 9.17) is 26.2 Å². The van der Waals surface area contributed by atoms with E-state index in [1.807, 2.05) is 0 Å². The lowest BCUT2D eigenvalue weighted by atomic mass is 10.2. The van der Waals surface area contributed by atoms with Gasteiger partial charge in [-0.2, -0.15) is 0 Å². The highest BCUT2D eigenvalue weighted by Crippen LogP contribution is 2.36. The first kappa shape index (κ1) is 18.5. The molecule has 1 aliphatic rings. The number of aromatic amines is 1. The number of nitrogens with one attached hydrogen (secondary N) is 2. The number of anilines is 1. The van der Waals surface area contributed by atoms with Crippen LogP contribution < -0.4 is 10.1 Å². The van der Waals surface area contributed by atoms with Crippen molar-refractivity contribution in [1.82, 2.24) is 9.97 Å². The molecule has 3 heterocycles. The molecule has 0 fully saturated rings. The first-order chi connectivity index (χ1) is 13.5. The number of fused-ring (bicyclic) bond motifs is 1. The van der Waals surface area contributed by atoms with Crippen molar-refractivity contribution in [2.75, 3.05) is 25.1 Å². The molecule has 0 saturated heterocycles. The van der Waals surface area contributed by atoms with Gasteiger partial charge in [-0.05, 0) is 6.07 Å². The van der Waals surface area contributed by atoms with Crippen molar-refractivity contribution >= 4 is 34.3 Å². The summed E-state index contributed by atoms with van der Waals surface area (Å²) in [7, 11) is 0. The maximum absolute atomic E-state index is 14.5. The van der Waals surface area contributed by atoms with Gasteiger partial charge in [0.15, 0.2) is 17.4 Å². The third kappa shape index (κ3) is 3.58. The van der Waals surface area contributed by atoms with E-state index < -0.39 is 17.4 Å². The molecule has 1 aliphatic heterocycles. The van der Waals surface area contributed by atoms with Crippen molar-refractivity contribution in [3.63, 3.8) is 0 Å². The van der Waals surface area contributed by atoms with Crippen molar-refractivity contribution in [3.8, 4) is 11.5 Å². The van der Waals surface area contributed by atoms with Gasteiger partial charge < -0.3 is 24.9 Å². The minimum absolute atomic E-state index is 0.0422. The van der Waals surface area contributed by atoms with Gasteiger partial charge in [0, 0.05) is 36.1 Å². The lowest BCUT2D eigenvalue weighted by Crippen LogP contribution is -2.29. The van der Waals surface area contributed by atoms with E-state index in [-0.39, 0.29) is 36.6 Å². The van der Waals surface area contributed by atoms with Gasteiger partial charge in [-0.3, -0.25) is 0 Å². The van der Waals surface area contributed by atoms with Crippen LogP contribution in [0.4, 0.5) is 14.5 Å². The van der Waals surface area contributed by atoms with Crippen molar-refractivity contribution in [3.05, 3.63) is 47.2 Å². The van der Waals surface area contributed by atoms with Crippen LogP contribution in [0.15, 0.2) is 35.6 Å². The smallest absolute Gasteiger partial charge is 0.289 e. The van der Waals surface area contributed by atoms with Crippen LogP contribution in [0.3, 0.4) is 0 Å². The number of hydrogen-bond donors (Lipinski definition) is 3. The minimum Gasteiger partial charge on any atom is -0.465 e. The summed E-state index contributed by atoms with van der Waals surface area (Å²) in [5, 5.41) is 12.5. The number of aliphatic hydroxyl groups excluding tert-OH is 1. The highest BCUT2D eigenvalue weighted by atomic mass is 35.5. The first-order valence-corrected chi connectivity index (χ1v) is 8.76. The van der Waals surface area contributed by atoms with Crippen molar-refractivity contribution in [2.24, 2.45) is 10.9 Å². The van der Waals surface area contributed by atoms with E-state index in [1.54, 1.807) is 0 Å². The predicted molar refractivity (Wildman–Crippen MR) is 100.0 cm³/mol. The lowest BCUT2D eigenvalue weighted by molar-refractivity contribution is 0.148. The van der Waals surface area contributed by atoms with Gasteiger partial charge in [-0.1, -0.05) is 11.6 Å². The number of halogens is 3. The Kier molecular flexibility index (Phi) is 5.01. The van der Waals surface area contributed by atoms with Gasteiger partial charge in [0.25, 0.3) is 6.02 Å². The van der Waals surface area contributed by atoms with Crippen LogP contribution in [0.5, 0.6) is 11.5 Å². The van der Waals surface area contributed by atoms with Crippen LogP contribution in [-0.2, 0) is 4.74 Å². The zero-order chi connectivity index (χ0) is 19.7. The van der Waals surface area contributed by atoms with Gasteiger partial charge in [0.05, 0.1) is 30.2 Å². The summed E-state index contributed by atoms with van der Waals surface area (Å²) in [6.45, 7) is 0.587. The SMILES string of the molecule is OCC1CN=C(Nc2cc(F)c(Oc3ccnc4[nH]cc(Cl)c34)c(F)c2)OC1. The third-order valence-corrected chi connectivity index (χ3v) is 4.45. The standard InChI is InChI=1S/C18H15ClF2N4O3/c19-11-6-23-17-15(11)14(1-2-22-17)28-16-12(20)3-10(4-13(16)21)25-18-24-5-9(7-26)8-27-18/h1-4,6,9,26H,5,7-8H2,(H,22,23)(H,24,25). The molecule has 4 rings (SSSR count). The number of rotatable bonds is 4. The van der Waals surface area contributed by atoms with Crippen LogP contribution in [0.25, 0.3) is 11.0 Å². The fourth-order valence-corrected chi connectivity index (χ4v) is 2.97. The van der Waals surface area contributed by atoms with Crippen LogP contribution in [0.1, 0.15) is 0 Å². The molecule has 1 atom stereocenters. The fraction of sp³-hybridized carbons (Fsp3) is 0.222. The van der Waals surface area contributed by atoms with Crippen LogP contribution in [0, 0.1) is 17.6 Å². The van der Waals surface area contributed by atoms with Crippen molar-refractivity contribution in [2.45, 2.75) is 0 Å². The van der Waals surface area contributed by atoms with E-state index >= 15 is 0 Å². The predicted octanol–water partition coefficient (Wildman–Crippen LogP) is 3.69. The average molecular weight is 409 g/mol. The number of amidine groups is 1. The van der Waals surface area contributed by atoms with E-state index in [2.05, 4.69) is 20.3 Å². The van der Waals surface area contributed by atoms with E-state index in [0.717, 1.165) is 12.1 Å². The van der Waals surface area contributed by atoms with Crippen molar-refractivity contribution in [1.29, 1.82) is 0 Å². The molecule has 7 nitrogen and oxygen atoms in total. The summed E-state index contributed by atoms with van der Waals surface area (Å²) >= 11 is 6.09. The number of aromatic nitrogens is 2. The maximum atomic E-state index is 14.5. The number of pyridine rings is 1. The molecule has 2 aromatic heterocycles. The van der Waals surface area contributed by atoms with Gasteiger partial charge in [0.1, 0.15) is 11.4 Å².